The molecule has 1 aliphatic rings. The zero-order valence-electron chi connectivity index (χ0n) is 13.1. The Bertz CT molecular complexity index is 684. The molecule has 0 fully saturated rings. The average Bonchev–Trinajstić information content (AvgIpc) is 2.57. The topological polar surface area (TPSA) is 38.3 Å². The van der Waals surface area contributed by atoms with Crippen LogP contribution in [0.3, 0.4) is 0 Å². The molecule has 3 rings (SSSR count). The van der Waals surface area contributed by atoms with Crippen LogP contribution in [0.25, 0.3) is 0 Å². The Kier molecular flexibility index (Phi) is 5.01. The summed E-state index contributed by atoms with van der Waals surface area (Å²) in [6.07, 6.45) is 2.65. The Labute approximate surface area is 145 Å². The van der Waals surface area contributed by atoms with Gasteiger partial charge >= 0.3 is 0 Å². The summed E-state index contributed by atoms with van der Waals surface area (Å²) in [6.45, 7) is 1.78. The van der Waals surface area contributed by atoms with E-state index in [0.29, 0.717) is 5.75 Å². The van der Waals surface area contributed by atoms with E-state index in [-0.39, 0.29) is 11.9 Å². The summed E-state index contributed by atoms with van der Waals surface area (Å²) in [5.41, 5.74) is 2.58. The minimum atomic E-state index is -0.523. The molecular formula is C19H20BrNO2. The van der Waals surface area contributed by atoms with Crippen LogP contribution in [0.4, 0.5) is 0 Å². The normalized spacial score (nSPS) is 17.9. The van der Waals surface area contributed by atoms with Crippen molar-refractivity contribution < 1.29 is 9.53 Å². The summed E-state index contributed by atoms with van der Waals surface area (Å²) in [7, 11) is 0. The summed E-state index contributed by atoms with van der Waals surface area (Å²) in [4.78, 5) is 12.4. The molecule has 0 aliphatic heterocycles. The van der Waals surface area contributed by atoms with Crippen LogP contribution in [-0.2, 0) is 11.2 Å². The molecule has 1 aliphatic carbocycles. The van der Waals surface area contributed by atoms with Crippen LogP contribution >= 0.6 is 15.9 Å². The van der Waals surface area contributed by atoms with Crippen LogP contribution in [0.1, 0.15) is 36.9 Å². The van der Waals surface area contributed by atoms with E-state index in [2.05, 4.69) is 39.4 Å². The number of halogens is 1. The van der Waals surface area contributed by atoms with Gasteiger partial charge in [-0.05, 0) is 61.6 Å². The average molecular weight is 374 g/mol. The standard InChI is InChI=1S/C19H20BrNO2/c1-13(23-16-11-9-15(20)10-12-16)19(22)21-18-8-4-6-14-5-2-3-7-17(14)18/h2-3,5,7,9-13,18H,4,6,8H2,1H3,(H,21,22)/t13-,18-/m1/s1. The maximum Gasteiger partial charge on any atom is 0.261 e. The van der Waals surface area contributed by atoms with E-state index in [1.807, 2.05) is 30.3 Å². The number of amides is 1. The molecule has 0 spiro atoms. The number of hydrogen-bond donors (Lipinski definition) is 1. The van der Waals surface area contributed by atoms with Gasteiger partial charge in [-0.3, -0.25) is 4.79 Å². The number of fused-ring (bicyclic) bond motifs is 1. The number of nitrogens with one attached hydrogen (secondary N) is 1. The molecular weight excluding hydrogens is 354 g/mol. The monoisotopic (exact) mass is 373 g/mol. The fourth-order valence-corrected chi connectivity index (χ4v) is 3.23. The second-order valence-electron chi connectivity index (χ2n) is 5.87. The van der Waals surface area contributed by atoms with E-state index < -0.39 is 6.10 Å². The first-order chi connectivity index (χ1) is 11.1. The van der Waals surface area contributed by atoms with E-state index in [1.165, 1.54) is 11.1 Å². The highest BCUT2D eigenvalue weighted by Gasteiger charge is 2.24. The highest BCUT2D eigenvalue weighted by molar-refractivity contribution is 9.10. The third-order valence-electron chi connectivity index (χ3n) is 4.18. The van der Waals surface area contributed by atoms with Gasteiger partial charge in [0.1, 0.15) is 5.75 Å². The minimum Gasteiger partial charge on any atom is -0.481 e. The van der Waals surface area contributed by atoms with Crippen LogP contribution in [0.2, 0.25) is 0 Å². The number of carbonyl (C=O) groups excluding carboxylic acids is 1. The maximum atomic E-state index is 12.4. The lowest BCUT2D eigenvalue weighted by Crippen LogP contribution is -2.39. The fourth-order valence-electron chi connectivity index (χ4n) is 2.96. The summed E-state index contributed by atoms with van der Waals surface area (Å²) >= 11 is 3.39. The van der Waals surface area contributed by atoms with E-state index in [1.54, 1.807) is 6.92 Å². The minimum absolute atomic E-state index is 0.0744. The number of aryl methyl sites for hydroxylation is 1. The van der Waals surface area contributed by atoms with Crippen molar-refractivity contribution in [2.45, 2.75) is 38.3 Å². The molecule has 0 unspecified atom stereocenters. The highest BCUT2D eigenvalue weighted by atomic mass is 79.9. The molecule has 0 bridgehead atoms. The molecule has 2 aromatic rings. The van der Waals surface area contributed by atoms with Gasteiger partial charge in [-0.1, -0.05) is 40.2 Å². The Morgan fingerprint density at radius 2 is 1.96 bits per heavy atom. The second-order valence-corrected chi connectivity index (χ2v) is 6.78. The molecule has 0 saturated heterocycles. The molecule has 0 heterocycles. The van der Waals surface area contributed by atoms with Crippen LogP contribution in [0, 0.1) is 0 Å². The van der Waals surface area contributed by atoms with Crippen LogP contribution in [-0.4, -0.2) is 12.0 Å². The van der Waals surface area contributed by atoms with Crippen LogP contribution in [0.5, 0.6) is 5.75 Å². The first kappa shape index (κ1) is 16.1. The highest BCUT2D eigenvalue weighted by Crippen LogP contribution is 2.29. The molecule has 0 aromatic heterocycles. The number of rotatable bonds is 4. The Morgan fingerprint density at radius 1 is 1.22 bits per heavy atom. The van der Waals surface area contributed by atoms with E-state index in [4.69, 9.17) is 4.74 Å². The number of ether oxygens (including phenoxy) is 1. The van der Waals surface area contributed by atoms with Gasteiger partial charge < -0.3 is 10.1 Å². The maximum absolute atomic E-state index is 12.4. The van der Waals surface area contributed by atoms with Crippen molar-refractivity contribution >= 4 is 21.8 Å². The Hall–Kier alpha value is -1.81. The Morgan fingerprint density at radius 3 is 2.74 bits per heavy atom. The molecule has 2 aromatic carbocycles. The summed E-state index contributed by atoms with van der Waals surface area (Å²) in [5.74, 6) is 0.620. The van der Waals surface area contributed by atoms with Gasteiger partial charge in [0.15, 0.2) is 6.10 Å². The van der Waals surface area contributed by atoms with Crippen LogP contribution < -0.4 is 10.1 Å². The first-order valence-electron chi connectivity index (χ1n) is 7.94. The summed E-state index contributed by atoms with van der Waals surface area (Å²) in [6, 6.07) is 15.9. The number of carbonyl (C=O) groups is 1. The number of benzene rings is 2. The summed E-state index contributed by atoms with van der Waals surface area (Å²) in [5, 5.41) is 3.13. The van der Waals surface area contributed by atoms with Gasteiger partial charge in [-0.2, -0.15) is 0 Å². The zero-order chi connectivity index (χ0) is 16.2. The molecule has 0 radical (unpaired) electrons. The van der Waals surface area contributed by atoms with Crippen molar-refractivity contribution in [2.24, 2.45) is 0 Å². The second kappa shape index (κ2) is 7.18. The lowest BCUT2D eigenvalue weighted by molar-refractivity contribution is -0.128. The van der Waals surface area contributed by atoms with Crippen molar-refractivity contribution in [1.29, 1.82) is 0 Å². The predicted molar refractivity (Wildman–Crippen MR) is 94.5 cm³/mol. The van der Waals surface area contributed by atoms with Crippen molar-refractivity contribution in [3.8, 4) is 5.75 Å². The molecule has 3 nitrogen and oxygen atoms in total. The van der Waals surface area contributed by atoms with Crippen molar-refractivity contribution in [3.05, 3.63) is 64.1 Å². The van der Waals surface area contributed by atoms with Gasteiger partial charge in [-0.25, -0.2) is 0 Å². The van der Waals surface area contributed by atoms with Gasteiger partial charge in [0.05, 0.1) is 6.04 Å². The number of hydrogen-bond acceptors (Lipinski definition) is 2. The molecule has 2 atom stereocenters. The lowest BCUT2D eigenvalue weighted by atomic mass is 9.87. The first-order valence-corrected chi connectivity index (χ1v) is 8.73. The molecule has 0 saturated carbocycles. The van der Waals surface area contributed by atoms with Gasteiger partial charge in [0, 0.05) is 4.47 Å². The van der Waals surface area contributed by atoms with Gasteiger partial charge in [0.2, 0.25) is 0 Å². The molecule has 1 N–H and O–H groups in total. The third-order valence-corrected chi connectivity index (χ3v) is 4.71. The quantitative estimate of drug-likeness (QED) is 0.861. The largest absolute Gasteiger partial charge is 0.481 e. The lowest BCUT2D eigenvalue weighted by Gasteiger charge is -2.27. The fraction of sp³-hybridized carbons (Fsp3) is 0.316. The predicted octanol–water partition coefficient (Wildman–Crippen LogP) is 4.41. The summed E-state index contributed by atoms with van der Waals surface area (Å²) < 4.78 is 6.71. The van der Waals surface area contributed by atoms with Crippen molar-refractivity contribution in [3.63, 3.8) is 0 Å². The molecule has 120 valence electrons. The smallest absolute Gasteiger partial charge is 0.261 e. The third kappa shape index (κ3) is 3.94. The van der Waals surface area contributed by atoms with Crippen LogP contribution in [0.15, 0.2) is 53.0 Å². The molecule has 1 amide bonds. The van der Waals surface area contributed by atoms with Crippen molar-refractivity contribution in [2.75, 3.05) is 0 Å². The van der Waals surface area contributed by atoms with Crippen molar-refractivity contribution in [1.82, 2.24) is 5.32 Å². The zero-order valence-corrected chi connectivity index (χ0v) is 14.7. The van der Waals surface area contributed by atoms with E-state index in [9.17, 15) is 4.79 Å². The molecule has 23 heavy (non-hydrogen) atoms. The molecule has 4 heteroatoms. The van der Waals surface area contributed by atoms with Gasteiger partial charge in [0.25, 0.3) is 5.91 Å². The Balaban J connectivity index is 1.64. The van der Waals surface area contributed by atoms with E-state index >= 15 is 0 Å². The SMILES string of the molecule is C[C@@H](Oc1ccc(Br)cc1)C(=O)N[C@@H]1CCCc2ccccc21. The van der Waals surface area contributed by atoms with E-state index in [0.717, 1.165) is 23.7 Å². The van der Waals surface area contributed by atoms with Gasteiger partial charge in [-0.15, -0.1) is 0 Å².